The summed E-state index contributed by atoms with van der Waals surface area (Å²) in [5.74, 6) is 0. The molecular formula is C27H54INO12. The van der Waals surface area contributed by atoms with Gasteiger partial charge in [0.25, 0.3) is 0 Å². The summed E-state index contributed by atoms with van der Waals surface area (Å²) in [7, 11) is 0. The molecule has 0 aliphatic carbocycles. The van der Waals surface area contributed by atoms with Crippen LogP contribution < -0.4 is 5.32 Å². The first kappa shape index (κ1) is 40.6. The van der Waals surface area contributed by atoms with E-state index in [1.54, 1.807) is 0 Å². The van der Waals surface area contributed by atoms with Crippen molar-refractivity contribution in [3.05, 3.63) is 0 Å². The van der Waals surface area contributed by atoms with Gasteiger partial charge in [0.2, 0.25) is 0 Å². The van der Waals surface area contributed by atoms with E-state index >= 15 is 0 Å². The van der Waals surface area contributed by atoms with Crippen molar-refractivity contribution in [2.75, 3.05) is 143 Å². The minimum absolute atomic E-state index is 0.386. The zero-order valence-corrected chi connectivity index (χ0v) is 27.5. The predicted molar refractivity (Wildman–Crippen MR) is 161 cm³/mol. The highest BCUT2D eigenvalue weighted by Gasteiger charge is 2.15. The van der Waals surface area contributed by atoms with Gasteiger partial charge in [-0.15, -0.1) is 0 Å². The maximum Gasteiger partial charge on any atom is 0.407 e. The third-order valence-electron chi connectivity index (χ3n) is 4.48. The van der Waals surface area contributed by atoms with E-state index in [4.69, 9.17) is 52.1 Å². The first-order valence-electron chi connectivity index (χ1n) is 14.3. The standard InChI is InChI=1S/C27H54INO12/c1-27(2,3)41-26(30)29-5-7-32-9-11-34-13-15-36-17-19-38-21-23-40-25-24-39-22-20-37-18-16-35-14-12-33-10-8-31-6-4-28/h4-25H2,1-3H3,(H,29,30). The summed E-state index contributed by atoms with van der Waals surface area (Å²) in [5.41, 5.74) is -0.508. The summed E-state index contributed by atoms with van der Waals surface area (Å²) in [4.78, 5) is 11.5. The van der Waals surface area contributed by atoms with E-state index in [0.717, 1.165) is 11.0 Å². The minimum Gasteiger partial charge on any atom is -0.444 e. The number of hydrogen-bond donors (Lipinski definition) is 1. The lowest BCUT2D eigenvalue weighted by molar-refractivity contribution is -0.0262. The first-order valence-corrected chi connectivity index (χ1v) is 15.8. The Morgan fingerprint density at radius 2 is 0.707 bits per heavy atom. The van der Waals surface area contributed by atoms with E-state index in [9.17, 15) is 4.79 Å². The molecule has 0 unspecified atom stereocenters. The second-order valence-electron chi connectivity index (χ2n) is 9.24. The van der Waals surface area contributed by atoms with Gasteiger partial charge in [0.1, 0.15) is 5.60 Å². The van der Waals surface area contributed by atoms with Crippen LogP contribution in [0.25, 0.3) is 0 Å². The molecule has 0 saturated heterocycles. The fourth-order valence-electron chi connectivity index (χ4n) is 2.68. The molecule has 1 N–H and O–H groups in total. The summed E-state index contributed by atoms with van der Waals surface area (Å²) in [6.07, 6.45) is -0.450. The second kappa shape index (κ2) is 32.5. The van der Waals surface area contributed by atoms with Crippen LogP contribution in [-0.2, 0) is 52.1 Å². The lowest BCUT2D eigenvalue weighted by atomic mass is 10.2. The molecule has 0 aromatic carbocycles. The van der Waals surface area contributed by atoms with Crippen molar-refractivity contribution < 1.29 is 56.9 Å². The van der Waals surface area contributed by atoms with Gasteiger partial charge in [-0.05, 0) is 20.8 Å². The Morgan fingerprint density at radius 3 is 0.951 bits per heavy atom. The summed E-state index contributed by atoms with van der Waals surface area (Å²) in [6.45, 7) is 16.3. The van der Waals surface area contributed by atoms with Crippen LogP contribution in [0.3, 0.4) is 0 Å². The van der Waals surface area contributed by atoms with E-state index in [2.05, 4.69) is 27.9 Å². The molecule has 0 aromatic heterocycles. The molecule has 0 saturated carbocycles. The van der Waals surface area contributed by atoms with Gasteiger partial charge in [0.05, 0.1) is 132 Å². The Labute approximate surface area is 259 Å². The quantitative estimate of drug-likeness (QED) is 0.0624. The van der Waals surface area contributed by atoms with Gasteiger partial charge >= 0.3 is 6.09 Å². The Kier molecular flexibility index (Phi) is 32.2. The van der Waals surface area contributed by atoms with Crippen molar-refractivity contribution in [2.45, 2.75) is 26.4 Å². The van der Waals surface area contributed by atoms with Crippen LogP contribution in [0, 0.1) is 0 Å². The Morgan fingerprint density at radius 1 is 0.463 bits per heavy atom. The summed E-state index contributed by atoms with van der Waals surface area (Å²) in [5, 5.41) is 2.63. The number of amides is 1. The van der Waals surface area contributed by atoms with Gasteiger partial charge in [-0.2, -0.15) is 0 Å². The van der Waals surface area contributed by atoms with Crippen molar-refractivity contribution in [2.24, 2.45) is 0 Å². The van der Waals surface area contributed by atoms with Crippen LogP contribution >= 0.6 is 22.6 Å². The molecule has 0 rings (SSSR count). The van der Waals surface area contributed by atoms with Crippen molar-refractivity contribution in [1.82, 2.24) is 5.32 Å². The van der Waals surface area contributed by atoms with Crippen LogP contribution in [0.1, 0.15) is 20.8 Å². The van der Waals surface area contributed by atoms with E-state index in [1.165, 1.54) is 0 Å². The van der Waals surface area contributed by atoms with E-state index in [0.29, 0.717) is 132 Å². The smallest absolute Gasteiger partial charge is 0.407 e. The monoisotopic (exact) mass is 711 g/mol. The lowest BCUT2D eigenvalue weighted by Crippen LogP contribution is -2.34. The Balaban J connectivity index is 3.09. The van der Waals surface area contributed by atoms with E-state index < -0.39 is 11.7 Å². The fraction of sp³-hybridized carbons (Fsp3) is 0.963. The Hall–Kier alpha value is -0.400. The topological polar surface area (TPSA) is 131 Å². The van der Waals surface area contributed by atoms with Gasteiger partial charge in [-0.3, -0.25) is 0 Å². The summed E-state index contributed by atoms with van der Waals surface area (Å²) in [6, 6.07) is 0. The van der Waals surface area contributed by atoms with Gasteiger partial charge in [-0.1, -0.05) is 22.6 Å². The second-order valence-corrected chi connectivity index (χ2v) is 10.3. The number of alkyl halides is 1. The van der Waals surface area contributed by atoms with Crippen molar-refractivity contribution in [1.29, 1.82) is 0 Å². The number of alkyl carbamates (subject to hydrolysis) is 1. The van der Waals surface area contributed by atoms with Gasteiger partial charge in [0, 0.05) is 11.0 Å². The summed E-state index contributed by atoms with van der Waals surface area (Å²) >= 11 is 2.27. The molecule has 0 radical (unpaired) electrons. The van der Waals surface area contributed by atoms with Crippen LogP contribution in [0.5, 0.6) is 0 Å². The number of hydrogen-bond acceptors (Lipinski definition) is 12. The average Bonchev–Trinajstić information content (AvgIpc) is 2.92. The van der Waals surface area contributed by atoms with Crippen LogP contribution in [0.2, 0.25) is 0 Å². The molecule has 1 amide bonds. The maximum atomic E-state index is 11.5. The van der Waals surface area contributed by atoms with Crippen molar-refractivity contribution in [3.8, 4) is 0 Å². The average molecular weight is 712 g/mol. The highest BCUT2D eigenvalue weighted by atomic mass is 127. The van der Waals surface area contributed by atoms with Gasteiger partial charge in [0.15, 0.2) is 0 Å². The Bertz CT molecular complexity index is 543. The molecule has 14 heteroatoms. The predicted octanol–water partition coefficient (Wildman–Crippen LogP) is 2.11. The molecule has 0 fully saturated rings. The fourth-order valence-corrected chi connectivity index (χ4v) is 2.99. The number of ether oxygens (including phenoxy) is 11. The largest absolute Gasteiger partial charge is 0.444 e. The minimum atomic E-state index is -0.508. The van der Waals surface area contributed by atoms with Crippen LogP contribution in [0.15, 0.2) is 0 Å². The number of carbonyl (C=O) groups is 1. The van der Waals surface area contributed by atoms with Crippen molar-refractivity contribution in [3.63, 3.8) is 0 Å². The third-order valence-corrected chi connectivity index (χ3v) is 4.92. The molecule has 0 spiro atoms. The van der Waals surface area contributed by atoms with Crippen molar-refractivity contribution >= 4 is 28.7 Å². The molecule has 0 heterocycles. The zero-order chi connectivity index (χ0) is 30.1. The molecule has 0 aliphatic rings. The van der Waals surface area contributed by atoms with Crippen LogP contribution in [0.4, 0.5) is 4.79 Å². The SMILES string of the molecule is CC(C)(C)OC(=O)NCCOCCOCCOCCOCCOCCOCCOCCOCCOCCOCCI. The molecule has 246 valence electrons. The highest BCUT2D eigenvalue weighted by Crippen LogP contribution is 2.06. The van der Waals surface area contributed by atoms with Crippen LogP contribution in [-0.4, -0.2) is 155 Å². The van der Waals surface area contributed by atoms with E-state index in [1.807, 2.05) is 20.8 Å². The summed E-state index contributed by atoms with van der Waals surface area (Å²) < 4.78 is 60.3. The number of nitrogens with one attached hydrogen (secondary N) is 1. The van der Waals surface area contributed by atoms with Gasteiger partial charge in [-0.25, -0.2) is 4.79 Å². The molecule has 0 aromatic rings. The molecule has 13 nitrogen and oxygen atoms in total. The zero-order valence-electron chi connectivity index (χ0n) is 25.3. The third kappa shape index (κ3) is 37.6. The first-order chi connectivity index (χ1) is 20.0. The molecule has 41 heavy (non-hydrogen) atoms. The number of rotatable bonds is 32. The normalized spacial score (nSPS) is 11.7. The molecular weight excluding hydrogens is 657 g/mol. The maximum absolute atomic E-state index is 11.5. The highest BCUT2D eigenvalue weighted by molar-refractivity contribution is 14.1. The lowest BCUT2D eigenvalue weighted by Gasteiger charge is -2.19. The van der Waals surface area contributed by atoms with Gasteiger partial charge < -0.3 is 57.4 Å². The molecule has 0 aliphatic heterocycles. The van der Waals surface area contributed by atoms with E-state index in [-0.39, 0.29) is 0 Å². The molecule has 0 bridgehead atoms. The number of halogens is 1. The molecule has 0 atom stereocenters. The number of carbonyl (C=O) groups excluding carboxylic acids is 1.